The number of hydrazine groups is 1. The Bertz CT molecular complexity index is 844. The van der Waals surface area contributed by atoms with Crippen LogP contribution in [0.5, 0.6) is 0 Å². The Morgan fingerprint density at radius 2 is 1.74 bits per heavy atom. The summed E-state index contributed by atoms with van der Waals surface area (Å²) in [5.41, 5.74) is 5.83. The number of esters is 1. The Morgan fingerprint density at radius 1 is 1.13 bits per heavy atom. The van der Waals surface area contributed by atoms with Crippen molar-refractivity contribution >= 4 is 12.1 Å². The lowest BCUT2D eigenvalue weighted by molar-refractivity contribution is 0.0600. The molecule has 1 N–H and O–H groups in total. The third-order valence-electron chi connectivity index (χ3n) is 5.07. The summed E-state index contributed by atoms with van der Waals surface area (Å²) in [6, 6.07) is 17.1. The predicted octanol–water partition coefficient (Wildman–Crippen LogP) is 5.15. The molecule has 1 heterocycles. The average molecular weight is 427 g/mol. The summed E-state index contributed by atoms with van der Waals surface area (Å²) in [7, 11) is 1.36. The molecular formula is C25H34N2O4. The number of hydrogen-bond donors (Lipinski definition) is 1. The fourth-order valence-electron chi connectivity index (χ4n) is 3.49. The zero-order chi connectivity index (χ0) is 23.0. The number of nitrogens with zero attached hydrogens (tertiary/aromatic N) is 1. The molecule has 1 aliphatic rings. The molecule has 2 unspecified atom stereocenters. The van der Waals surface area contributed by atoms with Gasteiger partial charge in [0.1, 0.15) is 6.61 Å². The van der Waals surface area contributed by atoms with Crippen LogP contribution in [0.25, 0.3) is 0 Å². The molecule has 6 nitrogen and oxygen atoms in total. The Kier molecular flexibility index (Phi) is 8.63. The number of hydrogen-bond acceptors (Lipinski definition) is 5. The lowest BCUT2D eigenvalue weighted by Crippen LogP contribution is -2.50. The molecule has 0 aliphatic carbocycles. The second-order valence-electron chi connectivity index (χ2n) is 8.33. The van der Waals surface area contributed by atoms with Gasteiger partial charge >= 0.3 is 12.1 Å². The van der Waals surface area contributed by atoms with Crippen LogP contribution in [0.4, 0.5) is 4.79 Å². The van der Waals surface area contributed by atoms with Gasteiger partial charge in [0, 0.05) is 0 Å². The minimum atomic E-state index is -0.372. The largest absolute Gasteiger partial charge is 0.465 e. The molecule has 168 valence electrons. The van der Waals surface area contributed by atoms with Gasteiger partial charge in [-0.2, -0.15) is 0 Å². The summed E-state index contributed by atoms with van der Waals surface area (Å²) in [5.74, 6) is -0.372. The fourth-order valence-corrected chi connectivity index (χ4v) is 3.49. The number of methoxy groups -OCH3 is 1. The second-order valence-corrected chi connectivity index (χ2v) is 8.33. The van der Waals surface area contributed by atoms with E-state index >= 15 is 0 Å². The van der Waals surface area contributed by atoms with Crippen LogP contribution >= 0.6 is 0 Å². The van der Waals surface area contributed by atoms with Gasteiger partial charge in [-0.15, -0.1) is 0 Å². The monoisotopic (exact) mass is 426 g/mol. The minimum Gasteiger partial charge on any atom is -0.465 e. The maximum Gasteiger partial charge on any atom is 0.424 e. The number of carbonyl (C=O) groups excluding carboxylic acids is 2. The first-order chi connectivity index (χ1) is 14.8. The first-order valence-electron chi connectivity index (χ1n) is 10.7. The summed E-state index contributed by atoms with van der Waals surface area (Å²) in [5, 5.41) is 1.61. The lowest BCUT2D eigenvalue weighted by Gasteiger charge is -2.36. The van der Waals surface area contributed by atoms with E-state index in [1.807, 2.05) is 56.3 Å². The highest BCUT2D eigenvalue weighted by Crippen LogP contribution is 2.34. The van der Waals surface area contributed by atoms with Gasteiger partial charge in [0.2, 0.25) is 0 Å². The fraction of sp³-hybridized carbons (Fsp3) is 0.440. The maximum atomic E-state index is 12.4. The molecule has 0 radical (unpaired) electrons. The lowest BCUT2D eigenvalue weighted by atomic mass is 9.82. The van der Waals surface area contributed by atoms with Gasteiger partial charge in [-0.05, 0) is 35.1 Å². The zero-order valence-electron chi connectivity index (χ0n) is 19.3. The number of nitrogens with one attached hydrogen (secondary N) is 1. The van der Waals surface area contributed by atoms with E-state index in [1.54, 1.807) is 17.1 Å². The molecule has 1 saturated heterocycles. The number of rotatable bonds is 6. The molecule has 1 amide bonds. The minimum absolute atomic E-state index is 0.0934. The van der Waals surface area contributed by atoms with Gasteiger partial charge in [0.05, 0.1) is 24.8 Å². The first kappa shape index (κ1) is 24.4. The summed E-state index contributed by atoms with van der Waals surface area (Å²) in [6.07, 6.45) is 0.337. The summed E-state index contributed by atoms with van der Waals surface area (Å²) in [4.78, 5) is 24.2. The average Bonchev–Trinajstić information content (AvgIpc) is 3.12. The van der Waals surface area contributed by atoms with E-state index in [9.17, 15) is 9.59 Å². The van der Waals surface area contributed by atoms with Gasteiger partial charge < -0.3 is 9.47 Å². The molecule has 2 aromatic rings. The predicted molar refractivity (Wildman–Crippen MR) is 122 cm³/mol. The van der Waals surface area contributed by atoms with Crippen molar-refractivity contribution in [3.63, 3.8) is 0 Å². The van der Waals surface area contributed by atoms with Crippen LogP contribution < -0.4 is 5.43 Å². The molecule has 0 saturated carbocycles. The van der Waals surface area contributed by atoms with Crippen molar-refractivity contribution < 1.29 is 19.1 Å². The van der Waals surface area contributed by atoms with Gasteiger partial charge in [-0.3, -0.25) is 0 Å². The molecule has 3 rings (SSSR count). The highest BCUT2D eigenvalue weighted by atomic mass is 16.6. The Hall–Kier alpha value is -2.86. The zero-order valence-corrected chi connectivity index (χ0v) is 19.3. The molecule has 2 atom stereocenters. The quantitative estimate of drug-likeness (QED) is 0.647. The van der Waals surface area contributed by atoms with Gasteiger partial charge in [0.15, 0.2) is 0 Å². The van der Waals surface area contributed by atoms with Crippen molar-refractivity contribution in [1.29, 1.82) is 0 Å². The van der Waals surface area contributed by atoms with Crippen molar-refractivity contribution in [3.8, 4) is 0 Å². The van der Waals surface area contributed by atoms with Crippen molar-refractivity contribution in [3.05, 3.63) is 71.3 Å². The molecule has 0 bridgehead atoms. The number of benzene rings is 2. The molecule has 6 heteroatoms. The Morgan fingerprint density at radius 3 is 2.29 bits per heavy atom. The molecule has 31 heavy (non-hydrogen) atoms. The second kappa shape index (κ2) is 11.0. The van der Waals surface area contributed by atoms with Crippen molar-refractivity contribution in [2.75, 3.05) is 13.7 Å². The van der Waals surface area contributed by atoms with Crippen LogP contribution in [0.1, 0.15) is 62.1 Å². The van der Waals surface area contributed by atoms with Crippen LogP contribution in [0.3, 0.4) is 0 Å². The van der Waals surface area contributed by atoms with E-state index in [2.05, 4.69) is 26.2 Å². The Balaban J connectivity index is 0.00000166. The smallest absolute Gasteiger partial charge is 0.424 e. The molecule has 2 aromatic carbocycles. The van der Waals surface area contributed by atoms with E-state index in [4.69, 9.17) is 9.47 Å². The summed E-state index contributed by atoms with van der Waals surface area (Å²) < 4.78 is 10.1. The van der Waals surface area contributed by atoms with E-state index in [0.29, 0.717) is 18.6 Å². The first-order valence-corrected chi connectivity index (χ1v) is 10.7. The van der Waals surface area contributed by atoms with Gasteiger partial charge in [-0.25, -0.2) is 20.0 Å². The summed E-state index contributed by atoms with van der Waals surface area (Å²) >= 11 is 0. The third-order valence-corrected chi connectivity index (χ3v) is 5.07. The summed E-state index contributed by atoms with van der Waals surface area (Å²) in [6.45, 7) is 10.7. The van der Waals surface area contributed by atoms with Crippen LogP contribution in [0.15, 0.2) is 54.6 Å². The van der Waals surface area contributed by atoms with Crippen molar-refractivity contribution in [2.45, 2.75) is 53.1 Å². The van der Waals surface area contributed by atoms with Crippen LogP contribution in [0, 0.1) is 5.41 Å². The number of amides is 1. The third kappa shape index (κ3) is 6.31. The highest BCUT2D eigenvalue weighted by molar-refractivity contribution is 5.89. The molecule has 1 aliphatic heterocycles. The van der Waals surface area contributed by atoms with E-state index in [1.165, 1.54) is 7.11 Å². The standard InChI is InChI=1S/C23H28N2O4.C2H6/c1-23(2,3)20(17-10-12-18(13-11-17)21(26)28-4)24-25-19(15-29-22(25)27)14-16-8-6-5-7-9-16;1-2/h5-13,19-20,24H,14-15H2,1-4H3;1-2H3. The maximum absolute atomic E-state index is 12.4. The number of cyclic esters (lactones) is 1. The topological polar surface area (TPSA) is 67.9 Å². The molecule has 1 fully saturated rings. The van der Waals surface area contributed by atoms with Crippen molar-refractivity contribution in [2.24, 2.45) is 5.41 Å². The SMILES string of the molecule is CC.COC(=O)c1ccc(C(NN2C(=O)OCC2Cc2ccccc2)C(C)(C)C)cc1. The molecule has 0 aromatic heterocycles. The van der Waals surface area contributed by atoms with Gasteiger partial charge in [0.25, 0.3) is 0 Å². The highest BCUT2D eigenvalue weighted by Gasteiger charge is 2.37. The van der Waals surface area contributed by atoms with E-state index in [-0.39, 0.29) is 29.6 Å². The molecular weight excluding hydrogens is 392 g/mol. The van der Waals surface area contributed by atoms with Gasteiger partial charge in [-0.1, -0.05) is 77.1 Å². The Labute approximate surface area is 185 Å². The number of carbonyl (C=O) groups is 2. The normalized spacial score (nSPS) is 16.8. The number of ether oxygens (including phenoxy) is 2. The van der Waals surface area contributed by atoms with Crippen molar-refractivity contribution in [1.82, 2.24) is 10.4 Å². The van der Waals surface area contributed by atoms with E-state index in [0.717, 1.165) is 11.1 Å². The van der Waals surface area contributed by atoms with Crippen LogP contribution in [-0.4, -0.2) is 36.8 Å². The van der Waals surface area contributed by atoms with Crippen LogP contribution in [0.2, 0.25) is 0 Å². The van der Waals surface area contributed by atoms with Crippen LogP contribution in [-0.2, 0) is 15.9 Å². The molecule has 0 spiro atoms. The van der Waals surface area contributed by atoms with E-state index < -0.39 is 0 Å².